The molecule has 0 amide bonds. The quantitative estimate of drug-likeness (QED) is 0.770. The summed E-state index contributed by atoms with van der Waals surface area (Å²) < 4.78 is 57.7. The van der Waals surface area contributed by atoms with Crippen LogP contribution in [-0.4, -0.2) is 8.42 Å². The molecule has 0 fully saturated rings. The van der Waals surface area contributed by atoms with E-state index in [2.05, 4.69) is 0 Å². The van der Waals surface area contributed by atoms with Crippen molar-refractivity contribution >= 4 is 22.3 Å². The number of rotatable bonds is 1. The van der Waals surface area contributed by atoms with Crippen LogP contribution >= 0.6 is 11.6 Å². The van der Waals surface area contributed by atoms with E-state index in [-0.39, 0.29) is 5.02 Å². The number of halogens is 4. The highest BCUT2D eigenvalue weighted by molar-refractivity contribution is 7.72. The van der Waals surface area contributed by atoms with Gasteiger partial charge in [0.1, 0.15) is 0 Å². The molecule has 0 aliphatic heterocycles. The predicted molar refractivity (Wildman–Crippen MR) is 45.0 cm³/mol. The van der Waals surface area contributed by atoms with Gasteiger partial charge in [-0.1, -0.05) is 11.6 Å². The average Bonchev–Trinajstić information content (AvgIpc) is 2.01. The normalized spacial score (nSPS) is 12.1. The van der Waals surface area contributed by atoms with Crippen LogP contribution in [0.5, 0.6) is 0 Å². The largest absolute Gasteiger partial charge is 0.417 e. The number of hydrogen-bond donors (Lipinski definition) is 1. The third-order valence-corrected chi connectivity index (χ3v) is 2.48. The molecule has 0 atom stereocenters. The SMILES string of the molecule is O=[SH](=O)c1ccc(Cl)cc1C(F)(F)F. The molecular weight excluding hydrogens is 241 g/mol. The van der Waals surface area contributed by atoms with Gasteiger partial charge in [0.05, 0.1) is 10.5 Å². The zero-order valence-corrected chi connectivity index (χ0v) is 8.16. The van der Waals surface area contributed by atoms with Gasteiger partial charge < -0.3 is 0 Å². The predicted octanol–water partition coefficient (Wildman–Crippen LogP) is 2.33. The van der Waals surface area contributed by atoms with Gasteiger partial charge in [-0.15, -0.1) is 0 Å². The molecule has 0 spiro atoms. The van der Waals surface area contributed by atoms with Crippen molar-refractivity contribution in [2.75, 3.05) is 0 Å². The molecule has 2 nitrogen and oxygen atoms in total. The van der Waals surface area contributed by atoms with E-state index in [1.54, 1.807) is 0 Å². The first kappa shape index (κ1) is 11.3. The summed E-state index contributed by atoms with van der Waals surface area (Å²) in [7, 11) is -3.27. The second-order valence-corrected chi connectivity index (χ2v) is 3.85. The molecule has 0 aliphatic carbocycles. The van der Waals surface area contributed by atoms with Crippen LogP contribution in [0.25, 0.3) is 0 Å². The van der Waals surface area contributed by atoms with E-state index < -0.39 is 27.3 Å². The fraction of sp³-hybridized carbons (Fsp3) is 0.143. The van der Waals surface area contributed by atoms with Crippen LogP contribution in [0.1, 0.15) is 5.56 Å². The maximum atomic E-state index is 12.3. The summed E-state index contributed by atoms with van der Waals surface area (Å²) in [5.74, 6) is 0. The third-order valence-electron chi connectivity index (χ3n) is 1.46. The molecule has 0 aliphatic rings. The summed E-state index contributed by atoms with van der Waals surface area (Å²) in [6, 6.07) is 2.51. The number of thiol groups is 1. The van der Waals surface area contributed by atoms with Crippen molar-refractivity contribution in [1.82, 2.24) is 0 Å². The van der Waals surface area contributed by atoms with Gasteiger partial charge in [-0.2, -0.15) is 13.2 Å². The van der Waals surface area contributed by atoms with Gasteiger partial charge in [-0.05, 0) is 18.2 Å². The molecule has 7 heteroatoms. The lowest BCUT2D eigenvalue weighted by Crippen LogP contribution is -2.08. The Morgan fingerprint density at radius 2 is 1.79 bits per heavy atom. The summed E-state index contributed by atoms with van der Waals surface area (Å²) in [5.41, 5.74) is -1.24. The van der Waals surface area contributed by atoms with Gasteiger partial charge in [-0.3, -0.25) is 0 Å². The Labute approximate surface area is 84.3 Å². The second-order valence-electron chi connectivity index (χ2n) is 2.42. The summed E-state index contributed by atoms with van der Waals surface area (Å²) >= 11 is 5.33. The van der Waals surface area contributed by atoms with E-state index in [1.165, 1.54) is 0 Å². The van der Waals surface area contributed by atoms with E-state index in [1.807, 2.05) is 0 Å². The monoisotopic (exact) mass is 244 g/mol. The maximum absolute atomic E-state index is 12.3. The molecule has 0 heterocycles. The molecule has 0 saturated heterocycles. The van der Waals surface area contributed by atoms with Crippen LogP contribution in [0, 0.1) is 0 Å². The zero-order valence-electron chi connectivity index (χ0n) is 6.51. The van der Waals surface area contributed by atoms with Crippen LogP contribution < -0.4 is 0 Å². The maximum Gasteiger partial charge on any atom is 0.417 e. The number of alkyl halides is 3. The van der Waals surface area contributed by atoms with Crippen LogP contribution in [-0.2, 0) is 16.9 Å². The molecule has 78 valence electrons. The van der Waals surface area contributed by atoms with E-state index in [4.69, 9.17) is 11.6 Å². The Hall–Kier alpha value is -0.750. The van der Waals surface area contributed by atoms with E-state index >= 15 is 0 Å². The van der Waals surface area contributed by atoms with Crippen LogP contribution in [0.15, 0.2) is 23.1 Å². The molecule has 0 N–H and O–H groups in total. The highest BCUT2D eigenvalue weighted by Crippen LogP contribution is 2.34. The Bertz CT molecular complexity index is 417. The van der Waals surface area contributed by atoms with E-state index in [0.717, 1.165) is 12.1 Å². The lowest BCUT2D eigenvalue weighted by atomic mass is 10.2. The minimum absolute atomic E-state index is 0.155. The van der Waals surface area contributed by atoms with Gasteiger partial charge in [0.15, 0.2) is 10.7 Å². The van der Waals surface area contributed by atoms with Gasteiger partial charge in [0.25, 0.3) is 0 Å². The molecule has 0 saturated carbocycles. The molecule has 0 bridgehead atoms. The lowest BCUT2D eigenvalue weighted by Gasteiger charge is -2.08. The Morgan fingerprint density at radius 3 is 2.21 bits per heavy atom. The molecule has 0 aromatic heterocycles. The van der Waals surface area contributed by atoms with Gasteiger partial charge in [0.2, 0.25) is 0 Å². The summed E-state index contributed by atoms with van der Waals surface area (Å²) in [5, 5.41) is -0.155. The van der Waals surface area contributed by atoms with Crippen LogP contribution in [0.4, 0.5) is 13.2 Å². The molecular formula is C7H4ClF3O2S. The van der Waals surface area contributed by atoms with Crippen molar-refractivity contribution < 1.29 is 21.6 Å². The first-order valence-corrected chi connectivity index (χ1v) is 4.89. The topological polar surface area (TPSA) is 34.1 Å². The molecule has 14 heavy (non-hydrogen) atoms. The molecule has 1 rings (SSSR count). The highest BCUT2D eigenvalue weighted by Gasteiger charge is 2.34. The Kier molecular flexibility index (Phi) is 3.06. The van der Waals surface area contributed by atoms with Gasteiger partial charge >= 0.3 is 6.18 Å². The molecule has 0 unspecified atom stereocenters. The Balaban J connectivity index is 3.45. The van der Waals surface area contributed by atoms with Crippen molar-refractivity contribution in [1.29, 1.82) is 0 Å². The number of benzene rings is 1. The van der Waals surface area contributed by atoms with Crippen molar-refractivity contribution in [3.63, 3.8) is 0 Å². The van der Waals surface area contributed by atoms with Crippen molar-refractivity contribution in [2.24, 2.45) is 0 Å². The minimum atomic E-state index is -4.71. The van der Waals surface area contributed by atoms with E-state index in [9.17, 15) is 21.6 Å². The molecule has 1 aromatic carbocycles. The summed E-state index contributed by atoms with van der Waals surface area (Å²) in [6.07, 6.45) is -4.71. The first-order valence-electron chi connectivity index (χ1n) is 3.33. The van der Waals surface area contributed by atoms with Crippen molar-refractivity contribution in [3.05, 3.63) is 28.8 Å². The smallest absolute Gasteiger partial charge is 0.227 e. The first-order chi connectivity index (χ1) is 6.32. The van der Waals surface area contributed by atoms with Gasteiger partial charge in [-0.25, -0.2) is 8.42 Å². The minimum Gasteiger partial charge on any atom is -0.227 e. The van der Waals surface area contributed by atoms with Crippen LogP contribution in [0.3, 0.4) is 0 Å². The third kappa shape index (κ3) is 2.39. The summed E-state index contributed by atoms with van der Waals surface area (Å²) in [6.45, 7) is 0. The average molecular weight is 245 g/mol. The highest BCUT2D eigenvalue weighted by atomic mass is 35.5. The summed E-state index contributed by atoms with van der Waals surface area (Å²) in [4.78, 5) is -0.767. The standard InChI is InChI=1S/C7H4ClF3O2S/c8-4-1-2-6(14(12)13)5(3-4)7(9,10)11/h1-3,14H. The fourth-order valence-corrected chi connectivity index (χ4v) is 1.65. The van der Waals surface area contributed by atoms with Gasteiger partial charge in [0, 0.05) is 5.02 Å². The van der Waals surface area contributed by atoms with E-state index in [0.29, 0.717) is 6.07 Å². The van der Waals surface area contributed by atoms with Crippen molar-refractivity contribution in [2.45, 2.75) is 11.1 Å². The zero-order chi connectivity index (χ0) is 10.9. The number of hydrogen-bond acceptors (Lipinski definition) is 2. The Morgan fingerprint density at radius 1 is 1.21 bits per heavy atom. The second kappa shape index (κ2) is 3.78. The lowest BCUT2D eigenvalue weighted by molar-refractivity contribution is -0.139. The molecule has 1 aromatic rings. The molecule has 0 radical (unpaired) electrons. The van der Waals surface area contributed by atoms with Crippen molar-refractivity contribution in [3.8, 4) is 0 Å². The van der Waals surface area contributed by atoms with Crippen LogP contribution in [0.2, 0.25) is 5.02 Å². The fourth-order valence-electron chi connectivity index (χ4n) is 0.895.